The van der Waals surface area contributed by atoms with Crippen molar-refractivity contribution in [2.45, 2.75) is 20.8 Å². The lowest BCUT2D eigenvalue weighted by Gasteiger charge is -2.10. The van der Waals surface area contributed by atoms with Gasteiger partial charge >= 0.3 is 0 Å². The van der Waals surface area contributed by atoms with Gasteiger partial charge in [0, 0.05) is 5.56 Å². The molecule has 1 aromatic rings. The summed E-state index contributed by atoms with van der Waals surface area (Å²) in [4.78, 5) is 11.5. The molecule has 0 N–H and O–H groups in total. The number of benzene rings is 1. The number of allylic oxidation sites excluding steroid dienone is 1. The summed E-state index contributed by atoms with van der Waals surface area (Å²) in [5.74, 6) is 0.800. The first-order chi connectivity index (χ1) is 7.10. The highest BCUT2D eigenvalue weighted by Gasteiger charge is 2.09. The van der Waals surface area contributed by atoms with E-state index in [1.54, 1.807) is 0 Å². The van der Waals surface area contributed by atoms with Crippen LogP contribution in [0.4, 0.5) is 0 Å². The van der Waals surface area contributed by atoms with Gasteiger partial charge in [0.2, 0.25) is 0 Å². The third-order valence-corrected chi connectivity index (χ3v) is 2.27. The molecule has 0 atom stereocenters. The maximum absolute atomic E-state index is 11.5. The van der Waals surface area contributed by atoms with Crippen LogP contribution in [-0.4, -0.2) is 12.4 Å². The van der Waals surface area contributed by atoms with Gasteiger partial charge in [-0.2, -0.15) is 0 Å². The van der Waals surface area contributed by atoms with Crippen molar-refractivity contribution >= 4 is 5.78 Å². The monoisotopic (exact) mass is 204 g/mol. The molecule has 0 aliphatic rings. The van der Waals surface area contributed by atoms with Gasteiger partial charge in [0.1, 0.15) is 5.75 Å². The Morgan fingerprint density at radius 2 is 2.07 bits per heavy atom. The Labute approximate surface area is 90.6 Å². The summed E-state index contributed by atoms with van der Waals surface area (Å²) in [6, 6.07) is 3.75. The Hall–Kier alpha value is -1.57. The Bertz CT molecular complexity index is 392. The van der Waals surface area contributed by atoms with Crippen LogP contribution < -0.4 is 4.74 Å². The summed E-state index contributed by atoms with van der Waals surface area (Å²) in [5.41, 5.74) is 2.60. The quantitative estimate of drug-likeness (QED) is 0.556. The van der Waals surface area contributed by atoms with E-state index in [4.69, 9.17) is 4.74 Å². The molecule has 0 spiro atoms. The highest BCUT2D eigenvalue weighted by Crippen LogP contribution is 2.23. The first-order valence-electron chi connectivity index (χ1n) is 5.01. The van der Waals surface area contributed by atoms with Crippen LogP contribution in [-0.2, 0) is 0 Å². The van der Waals surface area contributed by atoms with Gasteiger partial charge < -0.3 is 4.74 Å². The molecule has 0 fully saturated rings. The zero-order valence-electron chi connectivity index (χ0n) is 9.46. The van der Waals surface area contributed by atoms with Crippen molar-refractivity contribution in [1.82, 2.24) is 0 Å². The van der Waals surface area contributed by atoms with E-state index in [-0.39, 0.29) is 5.78 Å². The minimum atomic E-state index is -0.0429. The maximum Gasteiger partial charge on any atom is 0.185 e. The first kappa shape index (κ1) is 11.5. The highest BCUT2D eigenvalue weighted by atomic mass is 16.5. The van der Waals surface area contributed by atoms with E-state index in [1.807, 2.05) is 32.9 Å². The molecule has 1 rings (SSSR count). The lowest BCUT2D eigenvalue weighted by molar-refractivity contribution is 0.104. The van der Waals surface area contributed by atoms with E-state index in [0.717, 1.165) is 16.9 Å². The number of ketones is 1. The smallest absolute Gasteiger partial charge is 0.185 e. The largest absolute Gasteiger partial charge is 0.494 e. The summed E-state index contributed by atoms with van der Waals surface area (Å²) in [6.07, 6.45) is 1.34. The maximum atomic E-state index is 11.5. The van der Waals surface area contributed by atoms with Crippen LogP contribution in [0.2, 0.25) is 0 Å². The topological polar surface area (TPSA) is 26.3 Å². The second kappa shape index (κ2) is 4.78. The summed E-state index contributed by atoms with van der Waals surface area (Å²) in [7, 11) is 0. The minimum Gasteiger partial charge on any atom is -0.494 e. The fraction of sp³-hybridized carbons (Fsp3) is 0.308. The number of aryl methyl sites for hydroxylation is 2. The van der Waals surface area contributed by atoms with Crippen LogP contribution in [0.15, 0.2) is 24.8 Å². The lowest BCUT2D eigenvalue weighted by atomic mass is 10.0. The fourth-order valence-electron chi connectivity index (χ4n) is 1.48. The number of hydrogen-bond acceptors (Lipinski definition) is 2. The molecule has 0 heterocycles. The molecule has 0 aromatic heterocycles. The second-order valence-electron chi connectivity index (χ2n) is 3.43. The molecule has 80 valence electrons. The summed E-state index contributed by atoms with van der Waals surface area (Å²) in [5, 5.41) is 0. The van der Waals surface area contributed by atoms with Gasteiger partial charge in [-0.15, -0.1) is 0 Å². The Morgan fingerprint density at radius 1 is 1.40 bits per heavy atom. The molecule has 0 amide bonds. The first-order valence-corrected chi connectivity index (χ1v) is 5.01. The van der Waals surface area contributed by atoms with Crippen LogP contribution in [0, 0.1) is 13.8 Å². The van der Waals surface area contributed by atoms with Crippen LogP contribution in [0.1, 0.15) is 28.4 Å². The van der Waals surface area contributed by atoms with Crippen molar-refractivity contribution in [3.63, 3.8) is 0 Å². The predicted molar refractivity (Wildman–Crippen MR) is 61.6 cm³/mol. The molecule has 0 saturated carbocycles. The summed E-state index contributed by atoms with van der Waals surface area (Å²) >= 11 is 0. The number of rotatable bonds is 4. The highest BCUT2D eigenvalue weighted by molar-refractivity contribution is 6.05. The molecule has 0 unspecified atom stereocenters. The normalized spacial score (nSPS) is 9.80. The SMILES string of the molecule is C=CC(=O)c1cc(C)c(OCC)cc1C. The number of ether oxygens (including phenoxy) is 1. The average molecular weight is 204 g/mol. The van der Waals surface area contributed by atoms with Crippen molar-refractivity contribution in [3.8, 4) is 5.75 Å². The standard InChI is InChI=1S/C13H16O2/c1-5-12(14)11-7-10(4)13(15-6-2)8-9(11)3/h5,7-8H,1,6H2,2-4H3. The van der Waals surface area contributed by atoms with Crippen molar-refractivity contribution in [2.24, 2.45) is 0 Å². The number of carbonyl (C=O) groups excluding carboxylic acids is 1. The van der Waals surface area contributed by atoms with Crippen LogP contribution in [0.25, 0.3) is 0 Å². The van der Waals surface area contributed by atoms with Gasteiger partial charge in [-0.25, -0.2) is 0 Å². The molecule has 0 bridgehead atoms. The third-order valence-electron chi connectivity index (χ3n) is 2.27. The minimum absolute atomic E-state index is 0.0429. The van der Waals surface area contributed by atoms with Crippen molar-refractivity contribution in [1.29, 1.82) is 0 Å². The fourth-order valence-corrected chi connectivity index (χ4v) is 1.48. The van der Waals surface area contributed by atoms with Crippen molar-refractivity contribution in [2.75, 3.05) is 6.61 Å². The van der Waals surface area contributed by atoms with E-state index in [0.29, 0.717) is 12.2 Å². The van der Waals surface area contributed by atoms with Crippen LogP contribution in [0.5, 0.6) is 5.75 Å². The molecule has 0 saturated heterocycles. The van der Waals surface area contributed by atoms with E-state index in [2.05, 4.69) is 6.58 Å². The Kier molecular flexibility index (Phi) is 3.67. The second-order valence-corrected chi connectivity index (χ2v) is 3.43. The molecule has 2 heteroatoms. The molecular formula is C13H16O2. The third kappa shape index (κ3) is 2.46. The predicted octanol–water partition coefficient (Wildman–Crippen LogP) is 3.07. The van der Waals surface area contributed by atoms with Crippen molar-refractivity contribution < 1.29 is 9.53 Å². The average Bonchev–Trinajstić information content (AvgIpc) is 2.22. The van der Waals surface area contributed by atoms with Gasteiger partial charge in [0.05, 0.1) is 6.61 Å². The summed E-state index contributed by atoms with van der Waals surface area (Å²) in [6.45, 7) is 9.90. The van der Waals surface area contributed by atoms with Crippen LogP contribution in [0.3, 0.4) is 0 Å². The summed E-state index contributed by atoms with van der Waals surface area (Å²) < 4.78 is 5.45. The molecule has 0 aliphatic heterocycles. The van der Waals surface area contributed by atoms with E-state index >= 15 is 0 Å². The van der Waals surface area contributed by atoms with Gasteiger partial charge in [0.25, 0.3) is 0 Å². The lowest BCUT2D eigenvalue weighted by Crippen LogP contribution is -2.01. The Balaban J connectivity index is 3.18. The molecular weight excluding hydrogens is 188 g/mol. The Morgan fingerprint density at radius 3 is 2.60 bits per heavy atom. The van der Waals surface area contributed by atoms with E-state index in [9.17, 15) is 4.79 Å². The number of hydrogen-bond donors (Lipinski definition) is 0. The molecule has 0 radical (unpaired) electrons. The molecule has 1 aromatic carbocycles. The van der Waals surface area contributed by atoms with Gasteiger partial charge in [-0.05, 0) is 50.1 Å². The zero-order chi connectivity index (χ0) is 11.4. The van der Waals surface area contributed by atoms with E-state index in [1.165, 1.54) is 6.08 Å². The van der Waals surface area contributed by atoms with Crippen molar-refractivity contribution in [3.05, 3.63) is 41.5 Å². The number of carbonyl (C=O) groups is 1. The molecule has 2 nitrogen and oxygen atoms in total. The van der Waals surface area contributed by atoms with Gasteiger partial charge in [0.15, 0.2) is 5.78 Å². The zero-order valence-corrected chi connectivity index (χ0v) is 9.46. The van der Waals surface area contributed by atoms with Gasteiger partial charge in [-0.1, -0.05) is 6.58 Å². The molecule has 15 heavy (non-hydrogen) atoms. The van der Waals surface area contributed by atoms with Gasteiger partial charge in [-0.3, -0.25) is 4.79 Å². The van der Waals surface area contributed by atoms with Crippen LogP contribution >= 0.6 is 0 Å². The van der Waals surface area contributed by atoms with E-state index < -0.39 is 0 Å². The molecule has 0 aliphatic carbocycles.